The maximum Gasteiger partial charge on any atom is 0.141 e. The molecule has 1 heterocycles. The van der Waals surface area contributed by atoms with Crippen LogP contribution in [0.15, 0.2) is 41.0 Å². The third-order valence-corrected chi connectivity index (χ3v) is 2.90. The molecule has 1 atom stereocenters. The molecule has 0 radical (unpaired) electrons. The second kappa shape index (κ2) is 5.54. The fourth-order valence-corrected chi connectivity index (χ4v) is 2.15. The van der Waals surface area contributed by atoms with E-state index in [1.165, 1.54) is 24.3 Å². The molecule has 2 rings (SSSR count). The van der Waals surface area contributed by atoms with Crippen LogP contribution in [0, 0.1) is 11.6 Å². The van der Waals surface area contributed by atoms with Gasteiger partial charge in [0.1, 0.15) is 11.6 Å². The minimum Gasteiger partial charge on any atom is -0.386 e. The lowest BCUT2D eigenvalue weighted by molar-refractivity contribution is 0.173. The number of halogens is 3. The first-order valence-electron chi connectivity index (χ1n) is 5.29. The molecule has 1 unspecified atom stereocenters. The average molecular weight is 314 g/mol. The molecule has 0 spiro atoms. The first kappa shape index (κ1) is 13.1. The molecule has 2 nitrogen and oxygen atoms in total. The van der Waals surface area contributed by atoms with E-state index in [1.807, 2.05) is 0 Å². The maximum atomic E-state index is 13.2. The predicted molar refractivity (Wildman–Crippen MR) is 67.0 cm³/mol. The monoisotopic (exact) mass is 313 g/mol. The van der Waals surface area contributed by atoms with E-state index in [1.54, 1.807) is 6.07 Å². The van der Waals surface area contributed by atoms with Gasteiger partial charge in [-0.15, -0.1) is 0 Å². The van der Waals surface area contributed by atoms with Gasteiger partial charge in [0.25, 0.3) is 0 Å². The van der Waals surface area contributed by atoms with Gasteiger partial charge in [-0.3, -0.25) is 4.98 Å². The van der Waals surface area contributed by atoms with Crippen molar-refractivity contribution in [3.05, 3.63) is 63.9 Å². The maximum absolute atomic E-state index is 13.2. The van der Waals surface area contributed by atoms with Crippen LogP contribution < -0.4 is 0 Å². The topological polar surface area (TPSA) is 33.1 Å². The van der Waals surface area contributed by atoms with Crippen LogP contribution in [0.4, 0.5) is 8.78 Å². The van der Waals surface area contributed by atoms with Crippen molar-refractivity contribution in [1.29, 1.82) is 0 Å². The summed E-state index contributed by atoms with van der Waals surface area (Å²) in [4.78, 5) is 3.79. The summed E-state index contributed by atoms with van der Waals surface area (Å²) in [7, 11) is 0. The third kappa shape index (κ3) is 3.34. The molecule has 1 aromatic heterocycles. The SMILES string of the molecule is OC(Cc1cc(F)cc(Br)c1)c1ccc(F)cn1. The third-order valence-electron chi connectivity index (χ3n) is 2.44. The number of aromatic nitrogens is 1. The van der Waals surface area contributed by atoms with Gasteiger partial charge in [-0.1, -0.05) is 15.9 Å². The summed E-state index contributed by atoms with van der Waals surface area (Å²) >= 11 is 3.18. The number of hydrogen-bond donors (Lipinski definition) is 1. The van der Waals surface area contributed by atoms with Crippen LogP contribution in [0.25, 0.3) is 0 Å². The molecule has 94 valence electrons. The molecular formula is C13H10BrF2NO. The van der Waals surface area contributed by atoms with Crippen LogP contribution in [-0.2, 0) is 6.42 Å². The fourth-order valence-electron chi connectivity index (χ4n) is 1.64. The number of aliphatic hydroxyl groups is 1. The lowest BCUT2D eigenvalue weighted by Crippen LogP contribution is -2.04. The Labute approximate surface area is 111 Å². The normalized spacial score (nSPS) is 12.4. The Balaban J connectivity index is 2.15. The molecule has 0 saturated carbocycles. The van der Waals surface area contributed by atoms with E-state index >= 15 is 0 Å². The first-order chi connectivity index (χ1) is 8.54. The van der Waals surface area contributed by atoms with Gasteiger partial charge in [0.15, 0.2) is 0 Å². The molecule has 0 saturated heterocycles. The van der Waals surface area contributed by atoms with Crippen molar-refractivity contribution >= 4 is 15.9 Å². The number of aliphatic hydroxyl groups excluding tert-OH is 1. The van der Waals surface area contributed by atoms with Gasteiger partial charge in [0.2, 0.25) is 0 Å². The highest BCUT2D eigenvalue weighted by Crippen LogP contribution is 2.20. The molecule has 1 N–H and O–H groups in total. The lowest BCUT2D eigenvalue weighted by Gasteiger charge is -2.10. The van der Waals surface area contributed by atoms with Crippen molar-refractivity contribution < 1.29 is 13.9 Å². The van der Waals surface area contributed by atoms with E-state index in [-0.39, 0.29) is 12.2 Å². The summed E-state index contributed by atoms with van der Waals surface area (Å²) in [5.74, 6) is -0.835. The Morgan fingerprint density at radius 1 is 1.17 bits per heavy atom. The minimum absolute atomic E-state index is 0.217. The number of nitrogens with zero attached hydrogens (tertiary/aromatic N) is 1. The zero-order valence-corrected chi connectivity index (χ0v) is 10.9. The number of pyridine rings is 1. The molecule has 0 aliphatic carbocycles. The summed E-state index contributed by atoms with van der Waals surface area (Å²) in [6.45, 7) is 0. The van der Waals surface area contributed by atoms with Crippen LogP contribution in [-0.4, -0.2) is 10.1 Å². The van der Waals surface area contributed by atoms with Crippen LogP contribution >= 0.6 is 15.9 Å². The zero-order chi connectivity index (χ0) is 13.1. The molecular weight excluding hydrogens is 304 g/mol. The molecule has 0 aliphatic heterocycles. The van der Waals surface area contributed by atoms with E-state index in [0.29, 0.717) is 15.7 Å². The Hall–Kier alpha value is -1.33. The molecule has 0 bridgehead atoms. The van der Waals surface area contributed by atoms with Crippen LogP contribution in [0.5, 0.6) is 0 Å². The van der Waals surface area contributed by atoms with Crippen molar-refractivity contribution in [2.75, 3.05) is 0 Å². The first-order valence-corrected chi connectivity index (χ1v) is 6.08. The minimum atomic E-state index is -0.890. The standard InChI is InChI=1S/C13H10BrF2NO/c14-9-3-8(4-11(16)6-9)5-13(18)12-2-1-10(15)7-17-12/h1-4,6-7,13,18H,5H2. The summed E-state index contributed by atoms with van der Waals surface area (Å²) in [6, 6.07) is 7.04. The van der Waals surface area contributed by atoms with Crippen molar-refractivity contribution in [1.82, 2.24) is 4.98 Å². The number of hydrogen-bond acceptors (Lipinski definition) is 2. The molecule has 2 aromatic rings. The highest BCUT2D eigenvalue weighted by Gasteiger charge is 2.11. The Kier molecular flexibility index (Phi) is 4.04. The summed E-state index contributed by atoms with van der Waals surface area (Å²) in [6.07, 6.45) is 0.369. The molecule has 0 amide bonds. The molecule has 18 heavy (non-hydrogen) atoms. The number of rotatable bonds is 3. The second-order valence-electron chi connectivity index (χ2n) is 3.90. The van der Waals surface area contributed by atoms with E-state index in [9.17, 15) is 13.9 Å². The van der Waals surface area contributed by atoms with Gasteiger partial charge in [-0.25, -0.2) is 8.78 Å². The summed E-state index contributed by atoms with van der Waals surface area (Å²) in [5.41, 5.74) is 0.997. The second-order valence-corrected chi connectivity index (χ2v) is 4.81. The van der Waals surface area contributed by atoms with Gasteiger partial charge in [0, 0.05) is 10.9 Å². The average Bonchev–Trinajstić information content (AvgIpc) is 2.28. The molecule has 0 fully saturated rings. The Bertz CT molecular complexity index is 525. The van der Waals surface area contributed by atoms with E-state index in [0.717, 1.165) is 6.20 Å². The van der Waals surface area contributed by atoms with E-state index in [2.05, 4.69) is 20.9 Å². The van der Waals surface area contributed by atoms with Crippen LogP contribution in [0.1, 0.15) is 17.4 Å². The van der Waals surface area contributed by atoms with Gasteiger partial charge < -0.3 is 5.11 Å². The largest absolute Gasteiger partial charge is 0.386 e. The van der Waals surface area contributed by atoms with Gasteiger partial charge >= 0.3 is 0 Å². The van der Waals surface area contributed by atoms with Crippen LogP contribution in [0.3, 0.4) is 0 Å². The van der Waals surface area contributed by atoms with Crippen molar-refractivity contribution in [3.63, 3.8) is 0 Å². The zero-order valence-electron chi connectivity index (χ0n) is 9.28. The van der Waals surface area contributed by atoms with Gasteiger partial charge in [-0.05, 0) is 35.9 Å². The van der Waals surface area contributed by atoms with Crippen molar-refractivity contribution in [2.45, 2.75) is 12.5 Å². The van der Waals surface area contributed by atoms with Crippen LogP contribution in [0.2, 0.25) is 0 Å². The van der Waals surface area contributed by atoms with Gasteiger partial charge in [-0.2, -0.15) is 0 Å². The lowest BCUT2D eigenvalue weighted by atomic mass is 10.1. The summed E-state index contributed by atoms with van der Waals surface area (Å²) < 4.78 is 26.4. The van der Waals surface area contributed by atoms with Crippen molar-refractivity contribution in [2.24, 2.45) is 0 Å². The van der Waals surface area contributed by atoms with Crippen molar-refractivity contribution in [3.8, 4) is 0 Å². The smallest absolute Gasteiger partial charge is 0.141 e. The Morgan fingerprint density at radius 2 is 1.94 bits per heavy atom. The fraction of sp³-hybridized carbons (Fsp3) is 0.154. The highest BCUT2D eigenvalue weighted by molar-refractivity contribution is 9.10. The highest BCUT2D eigenvalue weighted by atomic mass is 79.9. The van der Waals surface area contributed by atoms with Gasteiger partial charge in [0.05, 0.1) is 18.0 Å². The Morgan fingerprint density at radius 3 is 2.56 bits per heavy atom. The number of benzene rings is 1. The van der Waals surface area contributed by atoms with E-state index in [4.69, 9.17) is 0 Å². The summed E-state index contributed by atoms with van der Waals surface area (Å²) in [5, 5.41) is 9.92. The molecule has 0 aliphatic rings. The molecule has 1 aromatic carbocycles. The molecule has 5 heteroatoms. The quantitative estimate of drug-likeness (QED) is 0.942. The van der Waals surface area contributed by atoms with E-state index < -0.39 is 11.9 Å². The predicted octanol–water partition coefficient (Wildman–Crippen LogP) is 3.40.